The number of aryl methyl sites for hydroxylation is 1. The molecule has 9 nitrogen and oxygen atoms in total. The molecular weight excluding hydrogens is 390 g/mol. The van der Waals surface area contributed by atoms with Crippen molar-refractivity contribution in [1.82, 2.24) is 15.3 Å². The van der Waals surface area contributed by atoms with Gasteiger partial charge in [0.1, 0.15) is 6.04 Å². The molecule has 9 heteroatoms. The molecule has 2 fully saturated rings. The van der Waals surface area contributed by atoms with Gasteiger partial charge in [0.15, 0.2) is 6.04 Å². The molecule has 0 radical (unpaired) electrons. The van der Waals surface area contributed by atoms with Crippen LogP contribution in [0, 0.1) is 0 Å². The molecule has 30 heavy (non-hydrogen) atoms. The molecule has 1 aromatic carbocycles. The van der Waals surface area contributed by atoms with Crippen molar-refractivity contribution in [2.45, 2.75) is 63.1 Å². The van der Waals surface area contributed by atoms with E-state index in [4.69, 9.17) is 0 Å². The summed E-state index contributed by atoms with van der Waals surface area (Å²) in [6.07, 6.45) is 2.60. The molecule has 2 heterocycles. The quantitative estimate of drug-likeness (QED) is 0.576. The second-order valence-electron chi connectivity index (χ2n) is 7.72. The number of carbonyl (C=O) groups excluding carboxylic acids is 2. The number of benzene rings is 1. The van der Waals surface area contributed by atoms with Gasteiger partial charge in [0.2, 0.25) is 5.91 Å². The zero-order valence-electron chi connectivity index (χ0n) is 16.7. The van der Waals surface area contributed by atoms with Gasteiger partial charge in [-0.15, -0.1) is 0 Å². The Kier molecular flexibility index (Phi) is 7.04. The topological polar surface area (TPSA) is 127 Å². The van der Waals surface area contributed by atoms with Crippen LogP contribution >= 0.6 is 0 Å². The number of rotatable bonds is 8. The van der Waals surface area contributed by atoms with E-state index in [2.05, 4.69) is 5.32 Å². The van der Waals surface area contributed by atoms with E-state index >= 15 is 0 Å². The van der Waals surface area contributed by atoms with Crippen molar-refractivity contribution < 1.29 is 29.4 Å². The number of amides is 2. The lowest BCUT2D eigenvalue weighted by molar-refractivity contribution is -0.181. The molecule has 2 amide bonds. The lowest BCUT2D eigenvalue weighted by Gasteiger charge is -2.42. The minimum absolute atomic E-state index is 0.0581. The van der Waals surface area contributed by atoms with Crippen LogP contribution in [-0.2, 0) is 25.6 Å². The van der Waals surface area contributed by atoms with E-state index in [9.17, 15) is 29.4 Å². The maximum atomic E-state index is 13.1. The Bertz CT molecular complexity index is 799. The number of hydrazine groups is 1. The Morgan fingerprint density at radius 2 is 1.87 bits per heavy atom. The van der Waals surface area contributed by atoms with E-state index in [1.807, 2.05) is 30.3 Å². The highest BCUT2D eigenvalue weighted by atomic mass is 16.4. The minimum Gasteiger partial charge on any atom is -0.480 e. The highest BCUT2D eigenvalue weighted by Gasteiger charge is 2.44. The summed E-state index contributed by atoms with van der Waals surface area (Å²) in [6, 6.07) is 6.71. The van der Waals surface area contributed by atoms with E-state index in [0.29, 0.717) is 32.2 Å². The first kappa shape index (κ1) is 21.8. The van der Waals surface area contributed by atoms with Crippen LogP contribution in [0.2, 0.25) is 0 Å². The molecule has 0 aromatic heterocycles. The first-order valence-corrected chi connectivity index (χ1v) is 10.3. The van der Waals surface area contributed by atoms with Crippen LogP contribution in [-0.4, -0.2) is 68.7 Å². The Morgan fingerprint density at radius 3 is 2.53 bits per heavy atom. The monoisotopic (exact) mass is 417 g/mol. The van der Waals surface area contributed by atoms with Crippen molar-refractivity contribution in [2.75, 3.05) is 6.54 Å². The van der Waals surface area contributed by atoms with E-state index in [1.54, 1.807) is 0 Å². The van der Waals surface area contributed by atoms with Crippen molar-refractivity contribution in [3.05, 3.63) is 35.9 Å². The highest BCUT2D eigenvalue weighted by molar-refractivity contribution is 5.92. The second-order valence-corrected chi connectivity index (χ2v) is 7.72. The molecule has 2 aliphatic heterocycles. The molecule has 162 valence electrons. The molecular formula is C21H27N3O6. The van der Waals surface area contributed by atoms with Gasteiger partial charge in [-0.1, -0.05) is 30.3 Å². The summed E-state index contributed by atoms with van der Waals surface area (Å²) in [7, 11) is 0. The van der Waals surface area contributed by atoms with Gasteiger partial charge < -0.3 is 10.2 Å². The van der Waals surface area contributed by atoms with Crippen molar-refractivity contribution in [3.63, 3.8) is 0 Å². The number of aliphatic carboxylic acids is 2. The third-order valence-corrected chi connectivity index (χ3v) is 5.65. The van der Waals surface area contributed by atoms with Crippen LogP contribution in [0.25, 0.3) is 0 Å². The van der Waals surface area contributed by atoms with E-state index in [0.717, 1.165) is 10.6 Å². The zero-order chi connectivity index (χ0) is 21.7. The fourth-order valence-electron chi connectivity index (χ4n) is 4.09. The van der Waals surface area contributed by atoms with E-state index in [1.165, 1.54) is 5.01 Å². The predicted octanol–water partition coefficient (Wildman–Crippen LogP) is 1.03. The minimum atomic E-state index is -1.17. The standard InChI is InChI=1S/C21H27N3O6/c25-18-12-11-15(19(26)24-17(21(29)30)10-5-13-23(18)24)22-16(20(27)28)9-4-8-14-6-2-1-3-7-14/h1-3,6-7,15-17,22H,4-5,8-13H2,(H,27,28)(H,29,30). The number of carbonyl (C=O) groups is 4. The lowest BCUT2D eigenvalue weighted by atomic mass is 10.0. The first-order chi connectivity index (χ1) is 14.4. The van der Waals surface area contributed by atoms with Crippen LogP contribution in [0.15, 0.2) is 30.3 Å². The fraction of sp³-hybridized carbons (Fsp3) is 0.524. The van der Waals surface area contributed by atoms with Gasteiger partial charge in [0.25, 0.3) is 5.91 Å². The van der Waals surface area contributed by atoms with Crippen molar-refractivity contribution in [1.29, 1.82) is 0 Å². The van der Waals surface area contributed by atoms with Crippen LogP contribution < -0.4 is 5.32 Å². The number of nitrogens with zero attached hydrogens (tertiary/aromatic N) is 2. The summed E-state index contributed by atoms with van der Waals surface area (Å²) >= 11 is 0. The highest BCUT2D eigenvalue weighted by Crippen LogP contribution is 2.25. The number of nitrogens with one attached hydrogen (secondary N) is 1. The molecule has 0 saturated carbocycles. The lowest BCUT2D eigenvalue weighted by Crippen LogP contribution is -2.62. The molecule has 1 aromatic rings. The number of carboxylic acids is 2. The summed E-state index contributed by atoms with van der Waals surface area (Å²) in [5.41, 5.74) is 1.10. The Hall–Kier alpha value is -2.94. The summed E-state index contributed by atoms with van der Waals surface area (Å²) in [4.78, 5) is 49.0. The molecule has 2 aliphatic rings. The van der Waals surface area contributed by atoms with Gasteiger partial charge in [0, 0.05) is 13.0 Å². The molecule has 3 atom stereocenters. The number of carboxylic acid groups (broad SMARTS) is 2. The van der Waals surface area contributed by atoms with Gasteiger partial charge in [0.05, 0.1) is 6.04 Å². The molecule has 0 spiro atoms. The maximum absolute atomic E-state index is 13.1. The average molecular weight is 417 g/mol. The Labute approximate surface area is 174 Å². The van der Waals surface area contributed by atoms with Crippen LogP contribution in [0.5, 0.6) is 0 Å². The summed E-state index contributed by atoms with van der Waals surface area (Å²) in [5, 5.41) is 24.3. The fourth-order valence-corrected chi connectivity index (χ4v) is 4.09. The van der Waals surface area contributed by atoms with Crippen LogP contribution in [0.1, 0.15) is 44.1 Å². The largest absolute Gasteiger partial charge is 0.480 e. The molecule has 3 rings (SSSR count). The molecule has 2 saturated heterocycles. The van der Waals surface area contributed by atoms with Crippen molar-refractivity contribution in [2.24, 2.45) is 0 Å². The third-order valence-electron chi connectivity index (χ3n) is 5.65. The van der Waals surface area contributed by atoms with Gasteiger partial charge in [-0.3, -0.25) is 24.7 Å². The van der Waals surface area contributed by atoms with E-state index < -0.39 is 36.0 Å². The zero-order valence-corrected chi connectivity index (χ0v) is 16.7. The first-order valence-electron chi connectivity index (χ1n) is 10.3. The van der Waals surface area contributed by atoms with Crippen LogP contribution in [0.3, 0.4) is 0 Å². The summed E-state index contributed by atoms with van der Waals surface area (Å²) < 4.78 is 0. The van der Waals surface area contributed by atoms with Crippen LogP contribution in [0.4, 0.5) is 0 Å². The second kappa shape index (κ2) is 9.71. The smallest absolute Gasteiger partial charge is 0.328 e. The van der Waals surface area contributed by atoms with Gasteiger partial charge in [-0.2, -0.15) is 0 Å². The number of fused-ring (bicyclic) bond motifs is 1. The third kappa shape index (κ3) is 4.96. The normalized spacial score (nSPS) is 22.9. The molecule has 3 unspecified atom stereocenters. The SMILES string of the molecule is O=C(O)C(CCCc1ccccc1)NC1CCC(=O)N2CCCC(C(=O)O)N2C1=O. The molecule has 3 N–H and O–H groups in total. The van der Waals surface area contributed by atoms with Gasteiger partial charge in [-0.05, 0) is 44.1 Å². The predicted molar refractivity (Wildman–Crippen MR) is 106 cm³/mol. The Morgan fingerprint density at radius 1 is 1.13 bits per heavy atom. The number of hydrogen-bond acceptors (Lipinski definition) is 5. The van der Waals surface area contributed by atoms with Gasteiger partial charge >= 0.3 is 11.9 Å². The summed E-state index contributed by atoms with van der Waals surface area (Å²) in [5.74, 6) is -3.10. The van der Waals surface area contributed by atoms with Crippen molar-refractivity contribution in [3.8, 4) is 0 Å². The van der Waals surface area contributed by atoms with E-state index in [-0.39, 0.29) is 25.2 Å². The molecule has 0 bridgehead atoms. The molecule has 0 aliphatic carbocycles. The summed E-state index contributed by atoms with van der Waals surface area (Å²) in [6.45, 7) is 0.292. The Balaban J connectivity index is 1.69. The maximum Gasteiger partial charge on any atom is 0.328 e. The van der Waals surface area contributed by atoms with Gasteiger partial charge in [-0.25, -0.2) is 9.80 Å². The number of hydrogen-bond donors (Lipinski definition) is 3. The van der Waals surface area contributed by atoms with Crippen molar-refractivity contribution >= 4 is 23.8 Å². The average Bonchev–Trinajstić information content (AvgIpc) is 2.85.